The molecule has 0 radical (unpaired) electrons. The Morgan fingerprint density at radius 2 is 2.22 bits per heavy atom. The summed E-state index contributed by atoms with van der Waals surface area (Å²) in [6.07, 6.45) is 2.15. The highest BCUT2D eigenvalue weighted by atomic mass is 79.9. The molecule has 2 rings (SSSR count). The average molecular weight is 309 g/mol. The first kappa shape index (κ1) is 12.8. The third kappa shape index (κ3) is 2.31. The molecule has 18 heavy (non-hydrogen) atoms. The number of halogens is 1. The van der Waals surface area contributed by atoms with Gasteiger partial charge in [-0.25, -0.2) is 9.48 Å². The van der Waals surface area contributed by atoms with Crippen LogP contribution in [0.15, 0.2) is 28.9 Å². The molecule has 1 aromatic heterocycles. The van der Waals surface area contributed by atoms with Crippen LogP contribution in [0.1, 0.15) is 28.5 Å². The summed E-state index contributed by atoms with van der Waals surface area (Å²) in [5, 5.41) is 13.4. The number of aromatic carboxylic acids is 1. The lowest BCUT2D eigenvalue weighted by Crippen LogP contribution is -1.98. The highest BCUT2D eigenvalue weighted by Gasteiger charge is 2.14. The summed E-state index contributed by atoms with van der Waals surface area (Å²) in [7, 11) is 0. The number of hydrogen-bond acceptors (Lipinski definition) is 2. The SMILES string of the molecule is CCc1nn(-c2ccc(C)c(Br)c2)cc1C(=O)O. The molecule has 0 aliphatic carbocycles. The molecule has 1 heterocycles. The van der Waals surface area contributed by atoms with E-state index in [9.17, 15) is 4.79 Å². The Kier molecular flexibility index (Phi) is 3.52. The second-order valence-electron chi connectivity index (χ2n) is 4.03. The fraction of sp³-hybridized carbons (Fsp3) is 0.231. The molecule has 0 fully saturated rings. The topological polar surface area (TPSA) is 55.1 Å². The zero-order valence-corrected chi connectivity index (χ0v) is 11.7. The van der Waals surface area contributed by atoms with Gasteiger partial charge in [0.25, 0.3) is 0 Å². The molecular weight excluding hydrogens is 296 g/mol. The minimum absolute atomic E-state index is 0.259. The Labute approximate surface area is 113 Å². The number of hydrogen-bond donors (Lipinski definition) is 1. The van der Waals surface area contributed by atoms with Gasteiger partial charge < -0.3 is 5.11 Å². The molecule has 0 saturated carbocycles. The number of carboxylic acid groups (broad SMARTS) is 1. The molecule has 0 saturated heterocycles. The minimum atomic E-state index is -0.940. The molecule has 0 unspecified atom stereocenters. The molecule has 0 aliphatic rings. The van der Waals surface area contributed by atoms with E-state index >= 15 is 0 Å². The van der Waals surface area contributed by atoms with Crippen LogP contribution in [0.2, 0.25) is 0 Å². The Balaban J connectivity index is 2.50. The molecule has 94 valence electrons. The third-order valence-corrected chi connectivity index (χ3v) is 3.63. The molecule has 4 nitrogen and oxygen atoms in total. The Bertz CT molecular complexity index is 605. The maximum Gasteiger partial charge on any atom is 0.339 e. The summed E-state index contributed by atoms with van der Waals surface area (Å²) >= 11 is 3.46. The summed E-state index contributed by atoms with van der Waals surface area (Å²) in [5.74, 6) is -0.940. The maximum atomic E-state index is 11.1. The maximum absolute atomic E-state index is 11.1. The standard InChI is InChI=1S/C13H13BrN2O2/c1-3-12-10(13(17)18)7-16(15-12)9-5-4-8(2)11(14)6-9/h4-7H,3H2,1-2H3,(H,17,18). The van der Waals surface area contributed by atoms with E-state index in [0.717, 1.165) is 15.7 Å². The summed E-state index contributed by atoms with van der Waals surface area (Å²) < 4.78 is 2.58. The van der Waals surface area contributed by atoms with Crippen molar-refractivity contribution in [3.8, 4) is 5.69 Å². The van der Waals surface area contributed by atoms with Crippen LogP contribution in [0.3, 0.4) is 0 Å². The molecular formula is C13H13BrN2O2. The normalized spacial score (nSPS) is 10.6. The zero-order chi connectivity index (χ0) is 13.3. The zero-order valence-electron chi connectivity index (χ0n) is 10.1. The van der Waals surface area contributed by atoms with Crippen molar-refractivity contribution in [3.05, 3.63) is 45.7 Å². The van der Waals surface area contributed by atoms with E-state index in [4.69, 9.17) is 5.11 Å². The fourth-order valence-electron chi connectivity index (χ4n) is 1.71. The Morgan fingerprint density at radius 3 is 2.72 bits per heavy atom. The fourth-order valence-corrected chi connectivity index (χ4v) is 2.07. The number of carboxylic acids is 1. The summed E-state index contributed by atoms with van der Waals surface area (Å²) in [6.45, 7) is 3.89. The van der Waals surface area contributed by atoms with Gasteiger partial charge in [0.2, 0.25) is 0 Å². The Morgan fingerprint density at radius 1 is 1.50 bits per heavy atom. The number of carbonyl (C=O) groups is 1. The first-order valence-corrected chi connectivity index (χ1v) is 6.40. The van der Waals surface area contributed by atoms with Crippen molar-refractivity contribution in [2.75, 3.05) is 0 Å². The molecule has 0 amide bonds. The van der Waals surface area contributed by atoms with Crippen LogP contribution >= 0.6 is 15.9 Å². The van der Waals surface area contributed by atoms with E-state index in [-0.39, 0.29) is 5.56 Å². The van der Waals surface area contributed by atoms with E-state index in [1.807, 2.05) is 32.0 Å². The largest absolute Gasteiger partial charge is 0.478 e. The van der Waals surface area contributed by atoms with Crippen LogP contribution in [-0.4, -0.2) is 20.9 Å². The highest BCUT2D eigenvalue weighted by Crippen LogP contribution is 2.21. The van der Waals surface area contributed by atoms with Gasteiger partial charge in [0.15, 0.2) is 0 Å². The molecule has 1 aromatic carbocycles. The molecule has 2 aromatic rings. The third-order valence-electron chi connectivity index (χ3n) is 2.78. The van der Waals surface area contributed by atoms with Gasteiger partial charge >= 0.3 is 5.97 Å². The van der Waals surface area contributed by atoms with Crippen molar-refractivity contribution in [1.82, 2.24) is 9.78 Å². The lowest BCUT2D eigenvalue weighted by molar-refractivity contribution is 0.0695. The van der Waals surface area contributed by atoms with Gasteiger partial charge in [-0.05, 0) is 31.0 Å². The van der Waals surface area contributed by atoms with Gasteiger partial charge in [-0.1, -0.05) is 28.9 Å². The molecule has 0 bridgehead atoms. The van der Waals surface area contributed by atoms with Crippen molar-refractivity contribution in [2.24, 2.45) is 0 Å². The molecule has 0 atom stereocenters. The highest BCUT2D eigenvalue weighted by molar-refractivity contribution is 9.10. The van der Waals surface area contributed by atoms with Gasteiger partial charge in [-0.2, -0.15) is 5.10 Å². The van der Waals surface area contributed by atoms with Crippen LogP contribution < -0.4 is 0 Å². The van der Waals surface area contributed by atoms with Gasteiger partial charge in [0.05, 0.1) is 11.4 Å². The van der Waals surface area contributed by atoms with E-state index in [0.29, 0.717) is 12.1 Å². The number of aryl methyl sites for hydroxylation is 2. The number of nitrogens with zero attached hydrogens (tertiary/aromatic N) is 2. The van der Waals surface area contributed by atoms with E-state index in [1.54, 1.807) is 10.9 Å². The van der Waals surface area contributed by atoms with Gasteiger partial charge in [-0.3, -0.25) is 0 Å². The Hall–Kier alpha value is -1.62. The number of rotatable bonds is 3. The molecule has 1 N–H and O–H groups in total. The van der Waals surface area contributed by atoms with Crippen molar-refractivity contribution < 1.29 is 9.90 Å². The van der Waals surface area contributed by atoms with E-state index < -0.39 is 5.97 Å². The van der Waals surface area contributed by atoms with Crippen molar-refractivity contribution >= 4 is 21.9 Å². The number of aromatic nitrogens is 2. The van der Waals surface area contributed by atoms with E-state index in [2.05, 4.69) is 21.0 Å². The van der Waals surface area contributed by atoms with Crippen molar-refractivity contribution in [2.45, 2.75) is 20.3 Å². The first-order valence-electron chi connectivity index (χ1n) is 5.61. The summed E-state index contributed by atoms with van der Waals surface area (Å²) in [5.41, 5.74) is 2.82. The van der Waals surface area contributed by atoms with Crippen LogP contribution in [-0.2, 0) is 6.42 Å². The molecule has 0 spiro atoms. The van der Waals surface area contributed by atoms with Crippen molar-refractivity contribution in [1.29, 1.82) is 0 Å². The van der Waals surface area contributed by atoms with Crippen molar-refractivity contribution in [3.63, 3.8) is 0 Å². The smallest absolute Gasteiger partial charge is 0.339 e. The lowest BCUT2D eigenvalue weighted by Gasteiger charge is -2.03. The average Bonchev–Trinajstić information content (AvgIpc) is 2.77. The first-order chi connectivity index (χ1) is 8.52. The second-order valence-corrected chi connectivity index (χ2v) is 4.88. The van der Waals surface area contributed by atoms with Crippen LogP contribution in [0, 0.1) is 6.92 Å². The quantitative estimate of drug-likeness (QED) is 0.947. The molecule has 0 aliphatic heterocycles. The predicted octanol–water partition coefficient (Wildman–Crippen LogP) is 3.20. The minimum Gasteiger partial charge on any atom is -0.478 e. The van der Waals surface area contributed by atoms with Crippen LogP contribution in [0.4, 0.5) is 0 Å². The summed E-state index contributed by atoms with van der Waals surface area (Å²) in [6, 6.07) is 5.80. The van der Waals surface area contributed by atoms with Crippen LogP contribution in [0.25, 0.3) is 5.69 Å². The van der Waals surface area contributed by atoms with Crippen LogP contribution in [0.5, 0.6) is 0 Å². The van der Waals surface area contributed by atoms with E-state index in [1.165, 1.54) is 0 Å². The second kappa shape index (κ2) is 4.94. The number of benzene rings is 1. The summed E-state index contributed by atoms with van der Waals surface area (Å²) in [4.78, 5) is 11.1. The van der Waals surface area contributed by atoms with Gasteiger partial charge in [-0.15, -0.1) is 0 Å². The predicted molar refractivity (Wildman–Crippen MR) is 72.3 cm³/mol. The van der Waals surface area contributed by atoms with Gasteiger partial charge in [0.1, 0.15) is 5.56 Å². The van der Waals surface area contributed by atoms with Gasteiger partial charge in [0, 0.05) is 10.7 Å². The lowest BCUT2D eigenvalue weighted by atomic mass is 10.2. The monoisotopic (exact) mass is 308 g/mol. The molecule has 5 heteroatoms.